The molecule has 0 radical (unpaired) electrons. The number of amides is 1. The number of hydrogen-bond donors (Lipinski definition) is 1. The lowest BCUT2D eigenvalue weighted by Gasteiger charge is -2.16. The van der Waals surface area contributed by atoms with Crippen LogP contribution >= 0.6 is 0 Å². The standard InChI is InChI=1S/C23H23NO2/c1-3-18-11-13-19(14-12-18)17(2)24-23(25)22(16-21-10-7-15-26-21)20-8-5-4-6-9-20/h4-17H,3H2,1-2H3,(H,24,25)/b22-16+. The molecule has 132 valence electrons. The van der Waals surface area contributed by atoms with Crippen molar-refractivity contribution in [3.05, 3.63) is 95.4 Å². The maximum atomic E-state index is 13.0. The lowest BCUT2D eigenvalue weighted by molar-refractivity contribution is -0.116. The van der Waals surface area contributed by atoms with Crippen molar-refractivity contribution in [2.24, 2.45) is 0 Å². The summed E-state index contributed by atoms with van der Waals surface area (Å²) in [6.45, 7) is 4.13. The summed E-state index contributed by atoms with van der Waals surface area (Å²) in [5.74, 6) is 0.527. The van der Waals surface area contributed by atoms with Crippen molar-refractivity contribution in [3.8, 4) is 0 Å². The summed E-state index contributed by atoms with van der Waals surface area (Å²) in [5, 5.41) is 3.10. The van der Waals surface area contributed by atoms with Crippen LogP contribution in [0.2, 0.25) is 0 Å². The van der Waals surface area contributed by atoms with Crippen LogP contribution in [0.15, 0.2) is 77.4 Å². The van der Waals surface area contributed by atoms with Crippen LogP contribution in [0.1, 0.15) is 42.3 Å². The number of rotatable bonds is 6. The lowest BCUT2D eigenvalue weighted by atomic mass is 10.0. The molecule has 1 amide bonds. The zero-order chi connectivity index (χ0) is 18.4. The molecule has 0 bridgehead atoms. The summed E-state index contributed by atoms with van der Waals surface area (Å²) < 4.78 is 5.39. The van der Waals surface area contributed by atoms with Gasteiger partial charge in [-0.05, 0) is 48.2 Å². The smallest absolute Gasteiger partial charge is 0.252 e. The minimum atomic E-state index is -0.125. The Morgan fingerprint density at radius 1 is 1.04 bits per heavy atom. The molecule has 1 heterocycles. The molecule has 1 unspecified atom stereocenters. The Morgan fingerprint density at radius 3 is 2.38 bits per heavy atom. The summed E-state index contributed by atoms with van der Waals surface area (Å²) in [7, 11) is 0. The van der Waals surface area contributed by atoms with Gasteiger partial charge in [0, 0.05) is 0 Å². The Bertz CT molecular complexity index is 862. The van der Waals surface area contributed by atoms with E-state index in [1.54, 1.807) is 12.3 Å². The van der Waals surface area contributed by atoms with Crippen LogP contribution in [0.25, 0.3) is 11.6 Å². The van der Waals surface area contributed by atoms with Gasteiger partial charge >= 0.3 is 0 Å². The molecular formula is C23H23NO2. The maximum Gasteiger partial charge on any atom is 0.252 e. The van der Waals surface area contributed by atoms with Crippen LogP contribution in [-0.4, -0.2) is 5.91 Å². The zero-order valence-electron chi connectivity index (χ0n) is 15.1. The second-order valence-corrected chi connectivity index (χ2v) is 6.23. The van der Waals surface area contributed by atoms with Crippen LogP contribution in [0, 0.1) is 0 Å². The monoisotopic (exact) mass is 345 g/mol. The predicted molar refractivity (Wildman–Crippen MR) is 105 cm³/mol. The molecule has 3 rings (SSSR count). The molecule has 0 aliphatic carbocycles. The molecule has 3 nitrogen and oxygen atoms in total. The lowest BCUT2D eigenvalue weighted by Crippen LogP contribution is -2.27. The molecule has 0 fully saturated rings. The van der Waals surface area contributed by atoms with Crippen LogP contribution in [0.3, 0.4) is 0 Å². The van der Waals surface area contributed by atoms with Gasteiger partial charge in [-0.3, -0.25) is 4.79 Å². The normalized spacial score (nSPS) is 12.6. The first kappa shape index (κ1) is 17.7. The molecule has 0 spiro atoms. The van der Waals surface area contributed by atoms with E-state index in [1.807, 2.05) is 49.4 Å². The van der Waals surface area contributed by atoms with Gasteiger partial charge in [-0.25, -0.2) is 0 Å². The minimum Gasteiger partial charge on any atom is -0.465 e. The molecule has 3 aromatic rings. The van der Waals surface area contributed by atoms with Gasteiger partial charge < -0.3 is 9.73 Å². The highest BCUT2D eigenvalue weighted by atomic mass is 16.3. The van der Waals surface area contributed by atoms with Crippen LogP contribution in [0.4, 0.5) is 0 Å². The van der Waals surface area contributed by atoms with E-state index in [0.29, 0.717) is 11.3 Å². The number of nitrogens with one attached hydrogen (secondary N) is 1. The summed E-state index contributed by atoms with van der Waals surface area (Å²) in [4.78, 5) is 13.0. The fraction of sp³-hybridized carbons (Fsp3) is 0.174. The highest BCUT2D eigenvalue weighted by Crippen LogP contribution is 2.21. The Morgan fingerprint density at radius 2 is 1.77 bits per heavy atom. The average Bonchev–Trinajstić information content (AvgIpc) is 3.20. The van der Waals surface area contributed by atoms with Crippen molar-refractivity contribution >= 4 is 17.6 Å². The van der Waals surface area contributed by atoms with Gasteiger partial charge in [0.25, 0.3) is 5.91 Å². The second kappa shape index (κ2) is 8.34. The van der Waals surface area contributed by atoms with Crippen LogP contribution in [-0.2, 0) is 11.2 Å². The topological polar surface area (TPSA) is 42.2 Å². The predicted octanol–water partition coefficient (Wildman–Crippen LogP) is 5.26. The van der Waals surface area contributed by atoms with E-state index in [-0.39, 0.29) is 11.9 Å². The Labute approximate surface area is 154 Å². The highest BCUT2D eigenvalue weighted by Gasteiger charge is 2.16. The molecule has 0 aliphatic rings. The average molecular weight is 345 g/mol. The molecule has 1 atom stereocenters. The molecule has 2 aromatic carbocycles. The number of carbonyl (C=O) groups is 1. The summed E-state index contributed by atoms with van der Waals surface area (Å²) in [5.41, 5.74) is 3.81. The fourth-order valence-electron chi connectivity index (χ4n) is 2.81. The van der Waals surface area contributed by atoms with Crippen molar-refractivity contribution in [1.29, 1.82) is 0 Å². The van der Waals surface area contributed by atoms with Gasteiger partial charge in [0.2, 0.25) is 0 Å². The van der Waals surface area contributed by atoms with E-state index in [1.165, 1.54) is 5.56 Å². The molecule has 0 saturated heterocycles. The SMILES string of the molecule is CCc1ccc(C(C)NC(=O)/C(=C/c2ccco2)c2ccccc2)cc1. The van der Waals surface area contributed by atoms with Gasteiger partial charge in [0.15, 0.2) is 0 Å². The van der Waals surface area contributed by atoms with E-state index >= 15 is 0 Å². The molecule has 0 saturated carbocycles. The van der Waals surface area contributed by atoms with E-state index < -0.39 is 0 Å². The fourth-order valence-corrected chi connectivity index (χ4v) is 2.81. The quantitative estimate of drug-likeness (QED) is 0.619. The number of benzene rings is 2. The molecule has 0 aliphatic heterocycles. The molecule has 26 heavy (non-hydrogen) atoms. The van der Waals surface area contributed by atoms with Gasteiger partial charge in [0.1, 0.15) is 5.76 Å². The summed E-state index contributed by atoms with van der Waals surface area (Å²) in [6.07, 6.45) is 4.38. The second-order valence-electron chi connectivity index (χ2n) is 6.23. The van der Waals surface area contributed by atoms with E-state index in [2.05, 4.69) is 36.5 Å². The van der Waals surface area contributed by atoms with Crippen molar-refractivity contribution in [2.75, 3.05) is 0 Å². The van der Waals surface area contributed by atoms with E-state index in [4.69, 9.17) is 4.42 Å². The van der Waals surface area contributed by atoms with E-state index in [9.17, 15) is 4.79 Å². The first-order valence-electron chi connectivity index (χ1n) is 8.87. The molecule has 1 N–H and O–H groups in total. The Balaban J connectivity index is 1.83. The van der Waals surface area contributed by atoms with Crippen molar-refractivity contribution in [2.45, 2.75) is 26.3 Å². The number of aryl methyl sites for hydroxylation is 1. The van der Waals surface area contributed by atoms with Crippen LogP contribution in [0.5, 0.6) is 0 Å². The van der Waals surface area contributed by atoms with Gasteiger partial charge in [-0.2, -0.15) is 0 Å². The Hall–Kier alpha value is -3.07. The largest absolute Gasteiger partial charge is 0.465 e. The highest BCUT2D eigenvalue weighted by molar-refractivity contribution is 6.24. The third kappa shape index (κ3) is 4.31. The summed E-state index contributed by atoms with van der Waals surface area (Å²) in [6, 6.07) is 21.5. The number of furan rings is 1. The minimum absolute atomic E-state index is 0.0860. The van der Waals surface area contributed by atoms with Gasteiger partial charge in [0.05, 0.1) is 17.9 Å². The number of hydrogen-bond acceptors (Lipinski definition) is 2. The maximum absolute atomic E-state index is 13.0. The molecule has 3 heteroatoms. The van der Waals surface area contributed by atoms with E-state index in [0.717, 1.165) is 17.5 Å². The summed E-state index contributed by atoms with van der Waals surface area (Å²) >= 11 is 0. The first-order valence-corrected chi connectivity index (χ1v) is 8.87. The Kier molecular flexibility index (Phi) is 5.69. The molecular weight excluding hydrogens is 322 g/mol. The first-order chi connectivity index (χ1) is 12.7. The third-order valence-corrected chi connectivity index (χ3v) is 4.39. The number of carbonyl (C=O) groups excluding carboxylic acids is 1. The van der Waals surface area contributed by atoms with Crippen LogP contribution < -0.4 is 5.32 Å². The zero-order valence-corrected chi connectivity index (χ0v) is 15.1. The van der Waals surface area contributed by atoms with Gasteiger partial charge in [-0.15, -0.1) is 0 Å². The van der Waals surface area contributed by atoms with Crippen molar-refractivity contribution in [3.63, 3.8) is 0 Å². The van der Waals surface area contributed by atoms with Crippen molar-refractivity contribution < 1.29 is 9.21 Å². The van der Waals surface area contributed by atoms with Crippen molar-refractivity contribution in [1.82, 2.24) is 5.32 Å². The third-order valence-electron chi connectivity index (χ3n) is 4.39. The molecule has 1 aromatic heterocycles. The van der Waals surface area contributed by atoms with Gasteiger partial charge in [-0.1, -0.05) is 61.5 Å².